The number of fused-ring (bicyclic) bond motifs is 1. The van der Waals surface area contributed by atoms with E-state index in [4.69, 9.17) is 9.72 Å². The first-order chi connectivity index (χ1) is 14.0. The molecule has 0 spiro atoms. The van der Waals surface area contributed by atoms with Crippen LogP contribution in [0.15, 0.2) is 72.8 Å². The molecule has 5 nitrogen and oxygen atoms in total. The van der Waals surface area contributed by atoms with Crippen molar-refractivity contribution in [1.29, 1.82) is 0 Å². The van der Waals surface area contributed by atoms with Crippen LogP contribution in [0.25, 0.3) is 11.0 Å². The van der Waals surface area contributed by atoms with Crippen LogP contribution < -0.4 is 4.74 Å². The zero-order chi connectivity index (χ0) is 20.4. The Labute approximate surface area is 169 Å². The van der Waals surface area contributed by atoms with E-state index in [1.165, 1.54) is 0 Å². The molecule has 4 rings (SSSR count). The molecule has 0 bridgehead atoms. The summed E-state index contributed by atoms with van der Waals surface area (Å²) in [5.41, 5.74) is 3.61. The number of carboxylic acid groups (broad SMARTS) is 1. The second kappa shape index (κ2) is 7.43. The van der Waals surface area contributed by atoms with E-state index in [0.29, 0.717) is 22.3 Å². The molecule has 0 saturated carbocycles. The number of nitrogens with zero attached hydrogens (tertiary/aromatic N) is 1. The van der Waals surface area contributed by atoms with Gasteiger partial charge in [-0.3, -0.25) is 4.79 Å². The van der Waals surface area contributed by atoms with Crippen molar-refractivity contribution in [2.45, 2.75) is 18.8 Å². The number of H-pyrrole nitrogens is 1. The van der Waals surface area contributed by atoms with Crippen molar-refractivity contribution in [1.82, 2.24) is 9.97 Å². The van der Waals surface area contributed by atoms with Crippen LogP contribution in [0.1, 0.15) is 29.4 Å². The number of aliphatic carboxylic acids is 1. The molecular formula is C24H22N2O3. The van der Waals surface area contributed by atoms with Crippen LogP contribution in [0.4, 0.5) is 0 Å². The fourth-order valence-corrected chi connectivity index (χ4v) is 3.82. The molecule has 0 atom stereocenters. The summed E-state index contributed by atoms with van der Waals surface area (Å²) < 4.78 is 5.51. The van der Waals surface area contributed by atoms with Gasteiger partial charge in [0.1, 0.15) is 17.1 Å². The smallest absolute Gasteiger partial charge is 0.307 e. The lowest BCUT2D eigenvalue weighted by atomic mass is 9.75. The predicted octanol–water partition coefficient (Wildman–Crippen LogP) is 4.55. The molecule has 0 aliphatic carbocycles. The van der Waals surface area contributed by atoms with E-state index in [0.717, 1.165) is 17.0 Å². The predicted molar refractivity (Wildman–Crippen MR) is 112 cm³/mol. The van der Waals surface area contributed by atoms with Crippen molar-refractivity contribution >= 4 is 17.0 Å². The first-order valence-electron chi connectivity index (χ1n) is 9.43. The van der Waals surface area contributed by atoms with Crippen molar-refractivity contribution in [3.8, 4) is 5.75 Å². The first kappa shape index (κ1) is 18.7. The Morgan fingerprint density at radius 3 is 2.10 bits per heavy atom. The van der Waals surface area contributed by atoms with E-state index in [-0.39, 0.29) is 6.42 Å². The molecule has 0 fully saturated rings. The van der Waals surface area contributed by atoms with Gasteiger partial charge in [0.25, 0.3) is 0 Å². The summed E-state index contributed by atoms with van der Waals surface area (Å²) in [4.78, 5) is 19.7. The summed E-state index contributed by atoms with van der Waals surface area (Å²) in [5, 5.41) is 9.31. The summed E-state index contributed by atoms with van der Waals surface area (Å²) in [6.07, 6.45) is -0.0990. The molecule has 0 saturated heterocycles. The Hall–Kier alpha value is -3.60. The molecule has 0 radical (unpaired) electrons. The Kier molecular flexibility index (Phi) is 4.80. The van der Waals surface area contributed by atoms with Crippen LogP contribution in [-0.4, -0.2) is 28.2 Å². The largest absolute Gasteiger partial charge is 0.494 e. The molecule has 0 unspecified atom stereocenters. The SMILES string of the molecule is COc1ccc(CC(=O)O)c2nc(C(C)(c3ccccc3)c3ccccc3)[nH]c12. The molecule has 1 heterocycles. The van der Waals surface area contributed by atoms with Gasteiger partial charge in [0.15, 0.2) is 0 Å². The number of carbonyl (C=O) groups is 1. The summed E-state index contributed by atoms with van der Waals surface area (Å²) in [6.45, 7) is 2.12. The van der Waals surface area contributed by atoms with Gasteiger partial charge < -0.3 is 14.8 Å². The number of benzene rings is 3. The molecule has 5 heteroatoms. The minimum absolute atomic E-state index is 0.0990. The molecule has 1 aromatic heterocycles. The summed E-state index contributed by atoms with van der Waals surface area (Å²) in [5.74, 6) is 0.479. The lowest BCUT2D eigenvalue weighted by Gasteiger charge is -2.29. The number of carboxylic acids is 1. The molecular weight excluding hydrogens is 364 g/mol. The van der Waals surface area contributed by atoms with Crippen LogP contribution in [0, 0.1) is 0 Å². The number of aromatic amines is 1. The molecule has 0 aliphatic heterocycles. The van der Waals surface area contributed by atoms with E-state index in [2.05, 4.69) is 36.2 Å². The average Bonchev–Trinajstić information content (AvgIpc) is 3.21. The zero-order valence-corrected chi connectivity index (χ0v) is 16.3. The molecule has 0 amide bonds. The number of nitrogens with one attached hydrogen (secondary N) is 1. The second-order valence-electron chi connectivity index (χ2n) is 7.16. The van der Waals surface area contributed by atoms with E-state index >= 15 is 0 Å². The Morgan fingerprint density at radius 1 is 1.00 bits per heavy atom. The molecule has 0 aliphatic rings. The summed E-state index contributed by atoms with van der Waals surface area (Å²) >= 11 is 0. The minimum atomic E-state index is -0.894. The number of hydrogen-bond acceptors (Lipinski definition) is 3. The average molecular weight is 386 g/mol. The van der Waals surface area contributed by atoms with Gasteiger partial charge in [-0.15, -0.1) is 0 Å². The normalized spacial score (nSPS) is 11.5. The van der Waals surface area contributed by atoms with Crippen LogP contribution in [-0.2, 0) is 16.6 Å². The minimum Gasteiger partial charge on any atom is -0.494 e. The first-order valence-corrected chi connectivity index (χ1v) is 9.43. The van der Waals surface area contributed by atoms with Crippen molar-refractivity contribution in [2.75, 3.05) is 7.11 Å². The Balaban J connectivity index is 2.00. The Morgan fingerprint density at radius 2 is 1.59 bits per heavy atom. The second-order valence-corrected chi connectivity index (χ2v) is 7.16. The zero-order valence-electron chi connectivity index (χ0n) is 16.3. The van der Waals surface area contributed by atoms with E-state index < -0.39 is 11.4 Å². The fourth-order valence-electron chi connectivity index (χ4n) is 3.82. The van der Waals surface area contributed by atoms with Gasteiger partial charge in [-0.05, 0) is 29.7 Å². The van der Waals surface area contributed by atoms with Gasteiger partial charge in [-0.1, -0.05) is 66.7 Å². The fraction of sp³-hybridized carbons (Fsp3) is 0.167. The number of hydrogen-bond donors (Lipinski definition) is 2. The summed E-state index contributed by atoms with van der Waals surface area (Å²) in [6, 6.07) is 23.9. The molecule has 4 aromatic rings. The van der Waals surface area contributed by atoms with Crippen molar-refractivity contribution in [3.63, 3.8) is 0 Å². The lowest BCUT2D eigenvalue weighted by molar-refractivity contribution is -0.136. The van der Waals surface area contributed by atoms with Crippen LogP contribution in [0.3, 0.4) is 0 Å². The standard InChI is InChI=1S/C24H22N2O3/c1-24(17-9-5-3-6-10-17,18-11-7-4-8-12-18)23-25-21-16(15-20(27)28)13-14-19(29-2)22(21)26-23/h3-14H,15H2,1-2H3,(H,25,26)(H,27,28). The number of aromatic nitrogens is 2. The van der Waals surface area contributed by atoms with Crippen LogP contribution in [0.5, 0.6) is 5.75 Å². The highest BCUT2D eigenvalue weighted by Crippen LogP contribution is 2.39. The maximum absolute atomic E-state index is 11.3. The van der Waals surface area contributed by atoms with Crippen molar-refractivity contribution in [3.05, 3.63) is 95.3 Å². The van der Waals surface area contributed by atoms with Gasteiger partial charge in [0.05, 0.1) is 24.5 Å². The highest BCUT2D eigenvalue weighted by Gasteiger charge is 2.35. The Bertz CT molecular complexity index is 1110. The number of imidazole rings is 1. The number of methoxy groups -OCH3 is 1. The highest BCUT2D eigenvalue weighted by molar-refractivity contribution is 5.88. The van der Waals surface area contributed by atoms with Gasteiger partial charge >= 0.3 is 5.97 Å². The monoisotopic (exact) mass is 386 g/mol. The van der Waals surface area contributed by atoms with Gasteiger partial charge in [0, 0.05) is 0 Å². The topological polar surface area (TPSA) is 75.2 Å². The van der Waals surface area contributed by atoms with Crippen LogP contribution in [0.2, 0.25) is 0 Å². The molecule has 29 heavy (non-hydrogen) atoms. The van der Waals surface area contributed by atoms with Crippen molar-refractivity contribution in [2.24, 2.45) is 0 Å². The molecule has 146 valence electrons. The maximum atomic E-state index is 11.3. The molecule has 3 aromatic carbocycles. The van der Waals surface area contributed by atoms with E-state index in [9.17, 15) is 9.90 Å². The van der Waals surface area contributed by atoms with Crippen LogP contribution >= 0.6 is 0 Å². The quantitative estimate of drug-likeness (QED) is 0.510. The highest BCUT2D eigenvalue weighted by atomic mass is 16.5. The summed E-state index contributed by atoms with van der Waals surface area (Å²) in [7, 11) is 1.60. The lowest BCUT2D eigenvalue weighted by Crippen LogP contribution is -2.26. The van der Waals surface area contributed by atoms with E-state index in [1.807, 2.05) is 36.4 Å². The third kappa shape index (κ3) is 3.25. The van der Waals surface area contributed by atoms with E-state index in [1.54, 1.807) is 19.2 Å². The number of rotatable bonds is 6. The van der Waals surface area contributed by atoms with Gasteiger partial charge in [0.2, 0.25) is 0 Å². The maximum Gasteiger partial charge on any atom is 0.307 e. The van der Waals surface area contributed by atoms with Gasteiger partial charge in [-0.25, -0.2) is 4.98 Å². The van der Waals surface area contributed by atoms with Crippen molar-refractivity contribution < 1.29 is 14.6 Å². The molecule has 2 N–H and O–H groups in total. The third-order valence-corrected chi connectivity index (χ3v) is 5.43. The number of ether oxygens (including phenoxy) is 1. The van der Waals surface area contributed by atoms with Gasteiger partial charge in [-0.2, -0.15) is 0 Å². The third-order valence-electron chi connectivity index (χ3n) is 5.43.